The van der Waals surface area contributed by atoms with Crippen LogP contribution in [0.2, 0.25) is 0 Å². The molecule has 0 spiro atoms. The van der Waals surface area contributed by atoms with Gasteiger partial charge in [0, 0.05) is 30.9 Å². The van der Waals surface area contributed by atoms with Crippen molar-refractivity contribution in [3.05, 3.63) is 65.2 Å². The Bertz CT molecular complexity index is 631. The highest BCUT2D eigenvalue weighted by atomic mass is 15.2. The van der Waals surface area contributed by atoms with Gasteiger partial charge in [0.05, 0.1) is 0 Å². The van der Waals surface area contributed by atoms with Crippen LogP contribution in [0.5, 0.6) is 0 Å². The number of para-hydroxylation sites is 1. The largest absolute Gasteiger partial charge is 0.365 e. The van der Waals surface area contributed by atoms with Gasteiger partial charge in [-0.15, -0.1) is 0 Å². The fourth-order valence-corrected chi connectivity index (χ4v) is 3.06. The molecule has 0 saturated heterocycles. The summed E-state index contributed by atoms with van der Waals surface area (Å²) in [5.74, 6) is 0. The van der Waals surface area contributed by atoms with Crippen LogP contribution >= 0.6 is 0 Å². The van der Waals surface area contributed by atoms with E-state index in [1.165, 1.54) is 22.4 Å². The highest BCUT2D eigenvalue weighted by molar-refractivity contribution is 5.55. The first-order valence-electron chi connectivity index (χ1n) is 7.67. The van der Waals surface area contributed by atoms with Gasteiger partial charge in [-0.3, -0.25) is 0 Å². The van der Waals surface area contributed by atoms with Crippen molar-refractivity contribution < 1.29 is 0 Å². The molecular formula is C19H24N2. The van der Waals surface area contributed by atoms with Crippen LogP contribution in [0, 0.1) is 6.92 Å². The molecule has 0 aromatic heterocycles. The van der Waals surface area contributed by atoms with E-state index < -0.39 is 0 Å². The van der Waals surface area contributed by atoms with Gasteiger partial charge in [-0.2, -0.15) is 0 Å². The van der Waals surface area contributed by atoms with Crippen LogP contribution in [0.1, 0.15) is 30.5 Å². The summed E-state index contributed by atoms with van der Waals surface area (Å²) in [5.41, 5.74) is 5.63. The van der Waals surface area contributed by atoms with Crippen molar-refractivity contribution in [3.8, 4) is 0 Å². The van der Waals surface area contributed by atoms with Gasteiger partial charge in [0.1, 0.15) is 0 Å². The summed E-state index contributed by atoms with van der Waals surface area (Å²) in [5, 5.41) is 3.67. The molecule has 0 fully saturated rings. The summed E-state index contributed by atoms with van der Waals surface area (Å²) in [4.78, 5) is 2.51. The number of hydrogen-bond donors (Lipinski definition) is 1. The Morgan fingerprint density at radius 2 is 1.76 bits per heavy atom. The monoisotopic (exact) mass is 280 g/mol. The second-order valence-corrected chi connectivity index (χ2v) is 6.65. The van der Waals surface area contributed by atoms with Crippen molar-refractivity contribution in [1.29, 1.82) is 0 Å². The molecule has 2 aromatic rings. The summed E-state index contributed by atoms with van der Waals surface area (Å²) in [6, 6.07) is 17.4. The van der Waals surface area contributed by atoms with Crippen molar-refractivity contribution in [2.24, 2.45) is 0 Å². The zero-order chi connectivity index (χ0) is 14.9. The van der Waals surface area contributed by atoms with Crippen LogP contribution in [0.15, 0.2) is 48.5 Å². The van der Waals surface area contributed by atoms with E-state index in [-0.39, 0.29) is 5.54 Å². The zero-order valence-electron chi connectivity index (χ0n) is 13.2. The highest BCUT2D eigenvalue weighted by Crippen LogP contribution is 2.28. The lowest BCUT2D eigenvalue weighted by atomic mass is 10.0. The number of nitrogens with one attached hydrogen (secondary N) is 1. The van der Waals surface area contributed by atoms with Crippen LogP contribution in [-0.4, -0.2) is 12.1 Å². The van der Waals surface area contributed by atoms with Gasteiger partial charge in [0.25, 0.3) is 0 Å². The lowest BCUT2D eigenvalue weighted by Gasteiger charge is -2.32. The Morgan fingerprint density at radius 3 is 2.57 bits per heavy atom. The lowest BCUT2D eigenvalue weighted by Crippen LogP contribution is -2.46. The highest BCUT2D eigenvalue weighted by Gasteiger charge is 2.26. The van der Waals surface area contributed by atoms with Gasteiger partial charge in [-0.1, -0.05) is 42.5 Å². The van der Waals surface area contributed by atoms with Crippen molar-refractivity contribution in [2.75, 3.05) is 11.4 Å². The predicted molar refractivity (Wildman–Crippen MR) is 89.6 cm³/mol. The van der Waals surface area contributed by atoms with Gasteiger partial charge >= 0.3 is 0 Å². The van der Waals surface area contributed by atoms with Gasteiger partial charge < -0.3 is 10.2 Å². The van der Waals surface area contributed by atoms with E-state index in [0.29, 0.717) is 0 Å². The Balaban J connectivity index is 1.96. The molecule has 0 unspecified atom stereocenters. The van der Waals surface area contributed by atoms with Crippen molar-refractivity contribution in [2.45, 2.75) is 39.4 Å². The Morgan fingerprint density at radius 1 is 1.05 bits per heavy atom. The van der Waals surface area contributed by atoms with Gasteiger partial charge in [-0.05, 0) is 43.5 Å². The maximum atomic E-state index is 3.67. The maximum Gasteiger partial charge on any atom is 0.0433 e. The van der Waals surface area contributed by atoms with Crippen LogP contribution in [0.25, 0.3) is 0 Å². The molecule has 0 amide bonds. The molecule has 0 aliphatic carbocycles. The molecule has 110 valence electrons. The number of nitrogens with zero attached hydrogens (tertiary/aromatic N) is 1. The normalized spacial score (nSPS) is 17.2. The molecule has 0 saturated carbocycles. The topological polar surface area (TPSA) is 15.3 Å². The zero-order valence-corrected chi connectivity index (χ0v) is 13.2. The van der Waals surface area contributed by atoms with E-state index in [1.807, 2.05) is 0 Å². The summed E-state index contributed by atoms with van der Waals surface area (Å²) < 4.78 is 0. The summed E-state index contributed by atoms with van der Waals surface area (Å²) in [6.07, 6.45) is 0. The van der Waals surface area contributed by atoms with Gasteiger partial charge in [0.2, 0.25) is 0 Å². The molecule has 2 heteroatoms. The molecule has 1 N–H and O–H groups in total. The van der Waals surface area contributed by atoms with Crippen LogP contribution in [0.4, 0.5) is 5.69 Å². The molecule has 3 rings (SSSR count). The van der Waals surface area contributed by atoms with E-state index >= 15 is 0 Å². The minimum absolute atomic E-state index is 0.113. The van der Waals surface area contributed by atoms with Crippen molar-refractivity contribution in [3.63, 3.8) is 0 Å². The average Bonchev–Trinajstić information content (AvgIpc) is 2.59. The second kappa shape index (κ2) is 5.53. The fraction of sp³-hybridized carbons (Fsp3) is 0.368. The van der Waals surface area contributed by atoms with Crippen molar-refractivity contribution >= 4 is 5.69 Å². The van der Waals surface area contributed by atoms with Crippen LogP contribution in [0.3, 0.4) is 0 Å². The number of hydrogen-bond acceptors (Lipinski definition) is 2. The quantitative estimate of drug-likeness (QED) is 0.898. The third kappa shape index (κ3) is 3.11. The van der Waals surface area contributed by atoms with Gasteiger partial charge in [0.15, 0.2) is 0 Å². The van der Waals surface area contributed by atoms with Crippen molar-refractivity contribution in [1.82, 2.24) is 5.32 Å². The molecule has 1 heterocycles. The molecule has 21 heavy (non-hydrogen) atoms. The van der Waals surface area contributed by atoms with E-state index in [4.69, 9.17) is 0 Å². The fourth-order valence-electron chi connectivity index (χ4n) is 3.06. The van der Waals surface area contributed by atoms with Crippen LogP contribution in [-0.2, 0) is 13.1 Å². The van der Waals surface area contributed by atoms with E-state index in [2.05, 4.69) is 79.5 Å². The third-order valence-corrected chi connectivity index (χ3v) is 4.30. The number of fused-ring (bicyclic) bond motifs is 1. The first-order chi connectivity index (χ1) is 10.1. The number of rotatable bonds is 2. The second-order valence-electron chi connectivity index (χ2n) is 6.65. The number of aryl methyl sites for hydroxylation is 1. The summed E-state index contributed by atoms with van der Waals surface area (Å²) >= 11 is 0. The van der Waals surface area contributed by atoms with Crippen LogP contribution < -0.4 is 10.2 Å². The SMILES string of the molecule is Cc1ccccc1CN1CC(C)(C)NCc2ccccc21. The molecule has 1 aliphatic rings. The molecule has 0 radical (unpaired) electrons. The molecule has 2 nitrogen and oxygen atoms in total. The average molecular weight is 280 g/mol. The molecule has 0 bridgehead atoms. The minimum atomic E-state index is 0.113. The third-order valence-electron chi connectivity index (χ3n) is 4.30. The molecular weight excluding hydrogens is 256 g/mol. The lowest BCUT2D eigenvalue weighted by molar-refractivity contribution is 0.395. The Kier molecular flexibility index (Phi) is 3.73. The maximum absolute atomic E-state index is 3.67. The summed E-state index contributed by atoms with van der Waals surface area (Å²) in [6.45, 7) is 9.68. The van der Waals surface area contributed by atoms with E-state index in [9.17, 15) is 0 Å². The van der Waals surface area contributed by atoms with Gasteiger partial charge in [-0.25, -0.2) is 0 Å². The first-order valence-corrected chi connectivity index (χ1v) is 7.67. The Hall–Kier alpha value is -1.80. The number of anilines is 1. The first kappa shape index (κ1) is 14.2. The summed E-state index contributed by atoms with van der Waals surface area (Å²) in [7, 11) is 0. The standard InChI is InChI=1S/C19H24N2/c1-15-8-4-5-10-17(15)13-21-14-19(2,3)20-12-16-9-6-7-11-18(16)21/h4-11,20H,12-14H2,1-3H3. The minimum Gasteiger partial charge on any atom is -0.365 e. The Labute approximate surface area is 127 Å². The molecule has 2 aromatic carbocycles. The molecule has 0 atom stereocenters. The molecule has 1 aliphatic heterocycles. The predicted octanol–water partition coefficient (Wildman–Crippen LogP) is 3.88. The number of benzene rings is 2. The van der Waals surface area contributed by atoms with E-state index in [0.717, 1.165) is 19.6 Å². The smallest absolute Gasteiger partial charge is 0.0433 e. The van der Waals surface area contributed by atoms with E-state index in [1.54, 1.807) is 0 Å².